The molecule has 2 aromatic heterocycles. The highest BCUT2D eigenvalue weighted by atomic mass is 19.1. The van der Waals surface area contributed by atoms with Crippen LogP contribution in [0.1, 0.15) is 24.2 Å². The maximum Gasteiger partial charge on any atom is 0.316 e. The van der Waals surface area contributed by atoms with E-state index in [1.807, 2.05) is 13.0 Å². The topological polar surface area (TPSA) is 67.3 Å². The van der Waals surface area contributed by atoms with Crippen molar-refractivity contribution < 1.29 is 13.2 Å². The summed E-state index contributed by atoms with van der Waals surface area (Å²) in [5, 5.41) is 11.0. The van der Waals surface area contributed by atoms with Gasteiger partial charge in [-0.1, -0.05) is 11.2 Å². The molecule has 0 unspecified atom stereocenters. The molecule has 7 heteroatoms. The van der Waals surface area contributed by atoms with Crippen LogP contribution in [-0.4, -0.2) is 23.3 Å². The Kier molecular flexibility index (Phi) is 4.13. The summed E-state index contributed by atoms with van der Waals surface area (Å²) < 4.78 is 25.2. The van der Waals surface area contributed by atoms with E-state index in [1.54, 1.807) is 18.4 Å². The predicted octanol–water partition coefficient (Wildman–Crippen LogP) is 3.99. The lowest BCUT2D eigenvalue weighted by molar-refractivity contribution is 0.530. The van der Waals surface area contributed by atoms with Gasteiger partial charge in [-0.25, -0.2) is 4.39 Å². The van der Waals surface area contributed by atoms with Gasteiger partial charge in [0.05, 0.1) is 11.8 Å². The Morgan fingerprint density at radius 1 is 1.20 bits per heavy atom. The molecule has 130 valence electrons. The van der Waals surface area contributed by atoms with Gasteiger partial charge < -0.3 is 19.1 Å². The van der Waals surface area contributed by atoms with Crippen molar-refractivity contribution >= 4 is 11.7 Å². The average molecular weight is 342 g/mol. The molecule has 0 radical (unpaired) electrons. The normalized spacial score (nSPS) is 14.2. The molecule has 25 heavy (non-hydrogen) atoms. The average Bonchev–Trinajstić information content (AvgIpc) is 3.35. The minimum absolute atomic E-state index is 0.234. The van der Waals surface area contributed by atoms with Gasteiger partial charge in [-0.05, 0) is 38.0 Å². The van der Waals surface area contributed by atoms with Gasteiger partial charge in [-0.15, -0.1) is 5.10 Å². The zero-order valence-electron chi connectivity index (χ0n) is 14.0. The van der Waals surface area contributed by atoms with Crippen LogP contribution in [-0.2, 0) is 6.54 Å². The van der Waals surface area contributed by atoms with Crippen LogP contribution >= 0.6 is 0 Å². The molecular weight excluding hydrogens is 323 g/mol. The fraction of sp³-hybridized carbons (Fsp3) is 0.333. The summed E-state index contributed by atoms with van der Waals surface area (Å²) >= 11 is 0. The van der Waals surface area contributed by atoms with Crippen molar-refractivity contribution in [2.24, 2.45) is 0 Å². The number of rotatable bonds is 5. The van der Waals surface area contributed by atoms with Crippen LogP contribution in [0.2, 0.25) is 0 Å². The molecular formula is C18H19FN4O2. The number of nitrogens with one attached hydrogen (secondary N) is 1. The summed E-state index contributed by atoms with van der Waals surface area (Å²) in [4.78, 5) is 2.22. The van der Waals surface area contributed by atoms with Crippen molar-refractivity contribution in [2.75, 3.05) is 23.3 Å². The number of hydrogen-bond donors (Lipinski definition) is 1. The molecule has 0 spiro atoms. The lowest BCUT2D eigenvalue weighted by Gasteiger charge is -2.21. The van der Waals surface area contributed by atoms with Crippen LogP contribution in [0.3, 0.4) is 0 Å². The van der Waals surface area contributed by atoms with Crippen molar-refractivity contribution in [2.45, 2.75) is 26.3 Å². The van der Waals surface area contributed by atoms with E-state index in [0.29, 0.717) is 17.2 Å². The molecule has 1 aromatic carbocycles. The Bertz CT molecular complexity index is 868. The van der Waals surface area contributed by atoms with E-state index in [9.17, 15) is 4.39 Å². The molecule has 0 amide bonds. The van der Waals surface area contributed by atoms with Crippen molar-refractivity contribution in [1.29, 1.82) is 0 Å². The van der Waals surface area contributed by atoms with Gasteiger partial charge in [-0.3, -0.25) is 0 Å². The molecule has 1 N–H and O–H groups in total. The fourth-order valence-corrected chi connectivity index (χ4v) is 3.15. The van der Waals surface area contributed by atoms with Crippen molar-refractivity contribution in [3.63, 3.8) is 0 Å². The van der Waals surface area contributed by atoms with Gasteiger partial charge in [0.1, 0.15) is 11.6 Å². The Morgan fingerprint density at radius 3 is 2.80 bits per heavy atom. The monoisotopic (exact) mass is 342 g/mol. The number of furan rings is 1. The van der Waals surface area contributed by atoms with E-state index in [0.717, 1.165) is 37.2 Å². The van der Waals surface area contributed by atoms with Crippen molar-refractivity contribution in [1.82, 2.24) is 10.2 Å². The number of aromatic nitrogens is 2. The number of anilines is 2. The molecule has 0 atom stereocenters. The van der Waals surface area contributed by atoms with E-state index < -0.39 is 0 Å². The second-order valence-corrected chi connectivity index (χ2v) is 6.09. The Morgan fingerprint density at radius 2 is 2.04 bits per heavy atom. The predicted molar refractivity (Wildman–Crippen MR) is 91.9 cm³/mol. The van der Waals surface area contributed by atoms with Crippen LogP contribution in [0.4, 0.5) is 16.1 Å². The molecule has 1 saturated heterocycles. The van der Waals surface area contributed by atoms with E-state index in [-0.39, 0.29) is 18.4 Å². The summed E-state index contributed by atoms with van der Waals surface area (Å²) in [6.45, 7) is 4.03. The zero-order valence-corrected chi connectivity index (χ0v) is 14.0. The summed E-state index contributed by atoms with van der Waals surface area (Å²) in [5.74, 6) is 0.852. The molecule has 1 aliphatic rings. The number of aryl methyl sites for hydroxylation is 1. The SMILES string of the molecule is Cc1occc1-c1nnc(NCc2c(F)cccc2N2CCCC2)o1. The van der Waals surface area contributed by atoms with Crippen LogP contribution in [0.25, 0.3) is 11.5 Å². The summed E-state index contributed by atoms with van der Waals surface area (Å²) in [7, 11) is 0. The smallest absolute Gasteiger partial charge is 0.316 e. The molecule has 0 saturated carbocycles. The molecule has 3 aromatic rings. The third-order valence-corrected chi connectivity index (χ3v) is 4.47. The summed E-state index contributed by atoms with van der Waals surface area (Å²) in [6.07, 6.45) is 3.85. The first kappa shape index (κ1) is 15.7. The molecule has 4 rings (SSSR count). The molecule has 0 bridgehead atoms. The third-order valence-electron chi connectivity index (χ3n) is 4.47. The van der Waals surface area contributed by atoms with Crippen LogP contribution in [0, 0.1) is 12.7 Å². The maximum absolute atomic E-state index is 14.3. The largest absolute Gasteiger partial charge is 0.469 e. The van der Waals surface area contributed by atoms with Gasteiger partial charge in [0.15, 0.2) is 0 Å². The highest BCUT2D eigenvalue weighted by Crippen LogP contribution is 2.28. The first-order valence-corrected chi connectivity index (χ1v) is 8.36. The van der Waals surface area contributed by atoms with Gasteiger partial charge >= 0.3 is 6.01 Å². The first-order chi connectivity index (χ1) is 12.2. The van der Waals surface area contributed by atoms with Crippen molar-refractivity contribution in [3.05, 3.63) is 47.7 Å². The number of halogens is 1. The number of hydrogen-bond acceptors (Lipinski definition) is 6. The Hall–Kier alpha value is -2.83. The van der Waals surface area contributed by atoms with Crippen LogP contribution in [0.5, 0.6) is 0 Å². The van der Waals surface area contributed by atoms with Gasteiger partial charge in [0, 0.05) is 30.9 Å². The van der Waals surface area contributed by atoms with E-state index >= 15 is 0 Å². The number of benzene rings is 1. The molecule has 6 nitrogen and oxygen atoms in total. The molecule has 1 aliphatic heterocycles. The highest BCUT2D eigenvalue weighted by Gasteiger charge is 2.19. The van der Waals surface area contributed by atoms with Gasteiger partial charge in [0.25, 0.3) is 5.89 Å². The van der Waals surface area contributed by atoms with E-state index in [4.69, 9.17) is 8.83 Å². The van der Waals surface area contributed by atoms with Gasteiger partial charge in [-0.2, -0.15) is 0 Å². The second kappa shape index (κ2) is 6.58. The summed E-state index contributed by atoms with van der Waals surface area (Å²) in [6, 6.07) is 7.21. The van der Waals surface area contributed by atoms with E-state index in [2.05, 4.69) is 20.4 Å². The zero-order chi connectivity index (χ0) is 17.2. The lowest BCUT2D eigenvalue weighted by Crippen LogP contribution is -2.20. The molecule has 3 heterocycles. The minimum atomic E-state index is -0.234. The fourth-order valence-electron chi connectivity index (χ4n) is 3.15. The first-order valence-electron chi connectivity index (χ1n) is 8.36. The maximum atomic E-state index is 14.3. The minimum Gasteiger partial charge on any atom is -0.469 e. The lowest BCUT2D eigenvalue weighted by atomic mass is 10.1. The molecule has 0 aliphatic carbocycles. The highest BCUT2D eigenvalue weighted by molar-refractivity contribution is 5.57. The van der Waals surface area contributed by atoms with Crippen LogP contribution < -0.4 is 10.2 Å². The number of nitrogens with zero attached hydrogens (tertiary/aromatic N) is 3. The standard InChI is InChI=1S/C18H19FN4O2/c1-12-13(7-10-24-12)17-21-22-18(25-17)20-11-14-15(19)5-4-6-16(14)23-8-2-3-9-23/h4-7,10H,2-3,8-9,11H2,1H3,(H,20,22). The quantitative estimate of drug-likeness (QED) is 0.756. The summed E-state index contributed by atoms with van der Waals surface area (Å²) in [5.41, 5.74) is 2.29. The van der Waals surface area contributed by atoms with E-state index in [1.165, 1.54) is 6.07 Å². The van der Waals surface area contributed by atoms with Crippen LogP contribution in [0.15, 0.2) is 39.4 Å². The Balaban J connectivity index is 1.52. The van der Waals surface area contributed by atoms with Crippen molar-refractivity contribution in [3.8, 4) is 11.5 Å². The Labute approximate surface area is 144 Å². The second-order valence-electron chi connectivity index (χ2n) is 6.09. The third kappa shape index (κ3) is 3.09. The van der Waals surface area contributed by atoms with Gasteiger partial charge in [0.2, 0.25) is 0 Å². The molecule has 1 fully saturated rings.